The Balaban J connectivity index is 0.00000442. The lowest BCUT2D eigenvalue weighted by Gasteiger charge is -2.31. The topological polar surface area (TPSA) is 136 Å². The van der Waals surface area contributed by atoms with Crippen LogP contribution in [0.1, 0.15) is 26.3 Å². The van der Waals surface area contributed by atoms with Gasteiger partial charge in [0.1, 0.15) is 36.6 Å². The van der Waals surface area contributed by atoms with Crippen molar-refractivity contribution < 1.29 is 42.2 Å². The summed E-state index contributed by atoms with van der Waals surface area (Å²) in [4.78, 5) is 25.6. The van der Waals surface area contributed by atoms with Crippen LogP contribution in [0.25, 0.3) is 10.8 Å². The van der Waals surface area contributed by atoms with Crippen LogP contribution < -0.4 is 14.9 Å². The Morgan fingerprint density at radius 3 is 2.66 bits per heavy atom. The molecule has 3 aromatic rings. The van der Waals surface area contributed by atoms with E-state index in [0.29, 0.717) is 5.39 Å². The molecule has 5 rings (SSSR count). The van der Waals surface area contributed by atoms with E-state index in [0.717, 1.165) is 17.1 Å². The largest absolute Gasteiger partial charge is 0.460 e. The zero-order valence-electron chi connectivity index (χ0n) is 23.2. The Labute approximate surface area is 254 Å². The van der Waals surface area contributed by atoms with Gasteiger partial charge in [0, 0.05) is 18.0 Å². The van der Waals surface area contributed by atoms with Crippen LogP contribution in [0.5, 0.6) is 5.75 Å². The summed E-state index contributed by atoms with van der Waals surface area (Å²) in [5.74, 6) is -2.36. The maximum atomic E-state index is 14.2. The molecule has 0 aliphatic carbocycles. The maximum absolute atomic E-state index is 14.2. The Bertz CT molecular complexity index is 1580. The van der Waals surface area contributed by atoms with Gasteiger partial charge >= 0.3 is 13.7 Å². The Morgan fingerprint density at radius 2 is 1.89 bits per heavy atom. The number of hydrogen-bond acceptors (Lipinski definition) is 9. The smallest absolute Gasteiger partial charge is 0.459 e. The third-order valence-electron chi connectivity index (χ3n) is 6.86. The lowest BCUT2D eigenvalue weighted by atomic mass is 10.1. The molecule has 0 saturated carbocycles. The molecule has 234 valence electrons. The highest BCUT2D eigenvalue weighted by atomic mass is 31.2. The quantitative estimate of drug-likeness (QED) is 0.199. The number of nitrogens with one attached hydrogen (secondary N) is 2. The van der Waals surface area contributed by atoms with Crippen LogP contribution in [0, 0.1) is 0 Å². The lowest BCUT2D eigenvalue weighted by molar-refractivity contribution is -0.146. The van der Waals surface area contributed by atoms with Crippen LogP contribution in [0.4, 0.5) is 4.39 Å². The molecule has 2 heterocycles. The van der Waals surface area contributed by atoms with Gasteiger partial charge in [-0.25, -0.2) is 4.57 Å². The van der Waals surface area contributed by atoms with Crippen LogP contribution in [-0.4, -0.2) is 53.0 Å². The molecule has 44 heavy (non-hydrogen) atoms. The molecule has 2 aliphatic rings. The van der Waals surface area contributed by atoms with Crippen molar-refractivity contribution in [2.45, 2.75) is 51.9 Å². The molecule has 0 aromatic heterocycles. The number of rotatable bonds is 11. The van der Waals surface area contributed by atoms with Gasteiger partial charge in [0.2, 0.25) is 5.83 Å². The summed E-state index contributed by atoms with van der Waals surface area (Å²) < 4.78 is 51.0. The molecular formula is C31H35FN3O8P. The predicted octanol–water partition coefficient (Wildman–Crippen LogP) is 4.89. The number of carbonyl (C=O) groups excluding carboxylic acids is 2. The molecule has 3 N–H and O–H groups in total. The molecule has 1 saturated heterocycles. The van der Waals surface area contributed by atoms with E-state index in [1.54, 1.807) is 36.4 Å². The number of hydrogen-bond donors (Lipinski definition) is 3. The molecule has 0 spiro atoms. The molecular weight excluding hydrogens is 592 g/mol. The second-order valence-corrected chi connectivity index (χ2v) is 11.7. The van der Waals surface area contributed by atoms with E-state index < -0.39 is 56.5 Å². The number of carbonyl (C=O) groups is 2. The molecule has 0 bridgehead atoms. The van der Waals surface area contributed by atoms with Gasteiger partial charge in [-0.1, -0.05) is 80.7 Å². The van der Waals surface area contributed by atoms with Crippen LogP contribution in [0.15, 0.2) is 97.2 Å². The number of esters is 1. The molecule has 0 radical (unpaired) electrons. The fraction of sp³-hybridized carbons (Fsp3) is 0.290. The molecule has 3 aromatic carbocycles. The van der Waals surface area contributed by atoms with Gasteiger partial charge < -0.3 is 29.3 Å². The van der Waals surface area contributed by atoms with Gasteiger partial charge in [0.15, 0.2) is 0 Å². The van der Waals surface area contributed by atoms with Crippen LogP contribution >= 0.6 is 7.75 Å². The fourth-order valence-corrected chi connectivity index (χ4v) is 6.14. The predicted molar refractivity (Wildman–Crippen MR) is 161 cm³/mol. The first-order valence-electron chi connectivity index (χ1n) is 13.5. The van der Waals surface area contributed by atoms with E-state index in [9.17, 15) is 23.7 Å². The van der Waals surface area contributed by atoms with E-state index in [1.165, 1.54) is 11.8 Å². The third kappa shape index (κ3) is 7.71. The van der Waals surface area contributed by atoms with Crippen molar-refractivity contribution in [3.63, 3.8) is 0 Å². The summed E-state index contributed by atoms with van der Waals surface area (Å²) in [6.07, 6.45) is -2.07. The van der Waals surface area contributed by atoms with E-state index in [-0.39, 0.29) is 32.0 Å². The molecule has 2 aliphatic heterocycles. The molecule has 11 nitrogen and oxygen atoms in total. The summed E-state index contributed by atoms with van der Waals surface area (Å²) in [6.45, 7) is 4.75. The second kappa shape index (κ2) is 14.1. The highest BCUT2D eigenvalue weighted by Gasteiger charge is 2.42. The number of ether oxygens (including phenoxy) is 2. The number of benzene rings is 3. The number of amides is 1. The van der Waals surface area contributed by atoms with Crippen LogP contribution in [0.3, 0.4) is 0 Å². The number of aliphatic hydroxyl groups is 1. The van der Waals surface area contributed by atoms with Crippen molar-refractivity contribution in [1.82, 2.24) is 15.3 Å². The van der Waals surface area contributed by atoms with Gasteiger partial charge in [0.05, 0.1) is 12.7 Å². The van der Waals surface area contributed by atoms with Crippen molar-refractivity contribution in [1.29, 1.82) is 0 Å². The van der Waals surface area contributed by atoms with Gasteiger partial charge in [-0.3, -0.25) is 14.1 Å². The minimum atomic E-state index is -4.31. The second-order valence-electron chi connectivity index (χ2n) is 10.0. The van der Waals surface area contributed by atoms with Crippen molar-refractivity contribution in [2.75, 3.05) is 6.61 Å². The van der Waals surface area contributed by atoms with E-state index in [1.807, 2.05) is 36.4 Å². The minimum absolute atomic E-state index is 0. The van der Waals surface area contributed by atoms with Gasteiger partial charge in [-0.15, -0.1) is 0 Å². The summed E-state index contributed by atoms with van der Waals surface area (Å²) in [6, 6.07) is 20.5. The molecule has 1 unspecified atom stereocenters. The SMILES string of the molecule is C.C=C1NC(=O)C(F)=CN1[C@H]1C[C@@H](O)[C@@H](COP(=O)(N[C@@H](C)C(=O)OCc2ccccc2)Oc2cccc3ccccc23)O1. The van der Waals surface area contributed by atoms with Crippen molar-refractivity contribution in [2.24, 2.45) is 0 Å². The summed E-state index contributed by atoms with van der Waals surface area (Å²) in [5, 5.41) is 17.1. The normalized spacial score (nSPS) is 21.9. The minimum Gasteiger partial charge on any atom is -0.460 e. The highest BCUT2D eigenvalue weighted by molar-refractivity contribution is 7.52. The lowest BCUT2D eigenvalue weighted by Crippen LogP contribution is -2.42. The molecule has 1 fully saturated rings. The van der Waals surface area contributed by atoms with E-state index in [2.05, 4.69) is 17.0 Å². The highest BCUT2D eigenvalue weighted by Crippen LogP contribution is 2.47. The number of nitrogens with zero attached hydrogens (tertiary/aromatic N) is 1. The van der Waals surface area contributed by atoms with Crippen molar-refractivity contribution in [3.05, 3.63) is 103 Å². The average Bonchev–Trinajstić information content (AvgIpc) is 3.37. The number of halogens is 1. The first-order chi connectivity index (χ1) is 20.6. The summed E-state index contributed by atoms with van der Waals surface area (Å²) >= 11 is 0. The van der Waals surface area contributed by atoms with Crippen LogP contribution in [-0.2, 0) is 34.8 Å². The summed E-state index contributed by atoms with van der Waals surface area (Å²) in [7, 11) is -4.31. The Morgan fingerprint density at radius 1 is 1.18 bits per heavy atom. The van der Waals surface area contributed by atoms with E-state index >= 15 is 0 Å². The molecule has 13 heteroatoms. The average molecular weight is 628 g/mol. The van der Waals surface area contributed by atoms with Crippen molar-refractivity contribution >= 4 is 30.4 Å². The third-order valence-corrected chi connectivity index (χ3v) is 8.49. The summed E-state index contributed by atoms with van der Waals surface area (Å²) in [5.41, 5.74) is 0.780. The Kier molecular flexibility index (Phi) is 10.6. The zero-order valence-corrected chi connectivity index (χ0v) is 24.1. The van der Waals surface area contributed by atoms with Crippen molar-refractivity contribution in [3.8, 4) is 5.75 Å². The van der Waals surface area contributed by atoms with E-state index in [4.69, 9.17) is 18.5 Å². The van der Waals surface area contributed by atoms with Gasteiger partial charge in [-0.2, -0.15) is 9.48 Å². The molecule has 5 atom stereocenters. The van der Waals surface area contributed by atoms with Gasteiger partial charge in [-0.05, 0) is 23.9 Å². The Hall–Kier alpha value is -4.06. The fourth-order valence-electron chi connectivity index (χ4n) is 4.62. The first kappa shape index (κ1) is 32.8. The number of aliphatic hydroxyl groups excluding tert-OH is 1. The van der Waals surface area contributed by atoms with Gasteiger partial charge in [0.25, 0.3) is 5.91 Å². The monoisotopic (exact) mass is 627 g/mol. The maximum Gasteiger partial charge on any atom is 0.459 e. The standard InChI is InChI=1S/C30H31FN3O8P.CH4/c1-19(30(37)39-17-21-9-4-3-5-10-21)33-43(38,42-26-14-8-12-22-11-6-7-13-23(22)26)40-18-27-25(35)15-28(41-27)34-16-24(31)29(36)32-20(34)2;/h3-14,16,19,25,27-28,35H,2,15,17-18H2,1H3,(H,32,36)(H,33,38);1H4/t19-,25+,27+,28+,43?;/m0./s1. The zero-order chi connectivity index (χ0) is 30.6. The first-order valence-corrected chi connectivity index (χ1v) is 15.1. The molecule has 1 amide bonds. The van der Waals surface area contributed by atoms with Crippen LogP contribution in [0.2, 0.25) is 0 Å². The number of fused-ring (bicyclic) bond motifs is 1.